The quantitative estimate of drug-likeness (QED) is 0.814. The first-order valence-electron chi connectivity index (χ1n) is 5.91. The zero-order valence-electron chi connectivity index (χ0n) is 10.6. The van der Waals surface area contributed by atoms with Crippen LogP contribution in [0, 0.1) is 13.8 Å². The van der Waals surface area contributed by atoms with Crippen LogP contribution in [0.5, 0.6) is 0 Å². The summed E-state index contributed by atoms with van der Waals surface area (Å²) in [5.74, 6) is 0. The third kappa shape index (κ3) is 2.96. The minimum atomic E-state index is 0.726. The zero-order chi connectivity index (χ0) is 13.1. The molecule has 0 aliphatic heterocycles. The fraction of sp³-hybridized carbons (Fsp3) is 0.200. The minimum absolute atomic E-state index is 0.726. The first-order valence-corrected chi connectivity index (χ1v) is 6.29. The lowest BCUT2D eigenvalue weighted by Gasteiger charge is -2.11. The third-order valence-electron chi connectivity index (χ3n) is 2.93. The van der Waals surface area contributed by atoms with Crippen molar-refractivity contribution in [3.8, 4) is 0 Å². The van der Waals surface area contributed by atoms with E-state index in [1.165, 1.54) is 11.1 Å². The van der Waals surface area contributed by atoms with Gasteiger partial charge in [0, 0.05) is 11.6 Å². The molecule has 2 rings (SSSR count). The van der Waals surface area contributed by atoms with Gasteiger partial charge < -0.3 is 11.1 Å². The molecule has 0 amide bonds. The Labute approximate surface area is 113 Å². The Hall–Kier alpha value is -1.67. The second-order valence-corrected chi connectivity index (χ2v) is 4.93. The molecule has 0 spiro atoms. The fourth-order valence-corrected chi connectivity index (χ4v) is 1.92. The maximum absolute atomic E-state index is 6.09. The molecule has 3 heteroatoms. The molecule has 0 saturated carbocycles. The van der Waals surface area contributed by atoms with E-state index >= 15 is 0 Å². The average molecular weight is 261 g/mol. The summed E-state index contributed by atoms with van der Waals surface area (Å²) in [4.78, 5) is 0. The van der Waals surface area contributed by atoms with Crippen LogP contribution in [0.25, 0.3) is 0 Å². The number of nitrogen functional groups attached to an aromatic ring is 1. The number of nitrogens with one attached hydrogen (secondary N) is 1. The summed E-state index contributed by atoms with van der Waals surface area (Å²) in [6.07, 6.45) is 0. The molecule has 0 atom stereocenters. The van der Waals surface area contributed by atoms with Crippen molar-refractivity contribution in [3.05, 3.63) is 58.1 Å². The van der Waals surface area contributed by atoms with Crippen molar-refractivity contribution in [1.29, 1.82) is 0 Å². The molecule has 0 saturated heterocycles. The number of rotatable bonds is 3. The smallest absolute Gasteiger partial charge is 0.0591 e. The van der Waals surface area contributed by atoms with Crippen LogP contribution in [0.3, 0.4) is 0 Å². The Morgan fingerprint density at radius 1 is 1.11 bits per heavy atom. The number of anilines is 2. The van der Waals surface area contributed by atoms with Crippen LogP contribution in [0.1, 0.15) is 16.7 Å². The monoisotopic (exact) mass is 260 g/mol. The van der Waals surface area contributed by atoms with E-state index in [-0.39, 0.29) is 0 Å². The number of halogens is 1. The molecule has 0 aliphatic carbocycles. The number of hydrogen-bond acceptors (Lipinski definition) is 2. The largest absolute Gasteiger partial charge is 0.397 e. The molecule has 2 aromatic rings. The second-order valence-electron chi connectivity index (χ2n) is 4.53. The SMILES string of the molecule is Cc1ccc(CNc2cc(Cl)c(C)cc2N)cc1. The van der Waals surface area contributed by atoms with Gasteiger partial charge in [-0.25, -0.2) is 0 Å². The van der Waals surface area contributed by atoms with Crippen LogP contribution in [-0.4, -0.2) is 0 Å². The van der Waals surface area contributed by atoms with Crippen molar-refractivity contribution in [2.75, 3.05) is 11.1 Å². The summed E-state index contributed by atoms with van der Waals surface area (Å²) in [6, 6.07) is 12.2. The third-order valence-corrected chi connectivity index (χ3v) is 3.34. The highest BCUT2D eigenvalue weighted by Gasteiger charge is 2.03. The molecule has 0 heterocycles. The topological polar surface area (TPSA) is 38.0 Å². The first-order chi connectivity index (χ1) is 8.56. The lowest BCUT2D eigenvalue weighted by molar-refractivity contribution is 1.14. The summed E-state index contributed by atoms with van der Waals surface area (Å²) < 4.78 is 0. The van der Waals surface area contributed by atoms with Crippen LogP contribution in [0.15, 0.2) is 36.4 Å². The lowest BCUT2D eigenvalue weighted by atomic mass is 10.1. The van der Waals surface area contributed by atoms with Gasteiger partial charge in [-0.05, 0) is 37.1 Å². The highest BCUT2D eigenvalue weighted by atomic mass is 35.5. The van der Waals surface area contributed by atoms with Crippen molar-refractivity contribution in [1.82, 2.24) is 0 Å². The van der Waals surface area contributed by atoms with E-state index in [1.54, 1.807) is 0 Å². The predicted octanol–water partition coefficient (Wildman–Crippen LogP) is 4.15. The number of benzene rings is 2. The molecular formula is C15H17ClN2. The van der Waals surface area contributed by atoms with Gasteiger partial charge in [0.25, 0.3) is 0 Å². The van der Waals surface area contributed by atoms with Gasteiger partial charge in [-0.15, -0.1) is 0 Å². The second kappa shape index (κ2) is 5.32. The van der Waals surface area contributed by atoms with Crippen molar-refractivity contribution >= 4 is 23.0 Å². The standard InChI is InChI=1S/C15H17ClN2/c1-10-3-5-12(6-4-10)9-18-15-8-13(16)11(2)7-14(15)17/h3-8,18H,9,17H2,1-2H3. The Morgan fingerprint density at radius 2 is 1.78 bits per heavy atom. The minimum Gasteiger partial charge on any atom is -0.397 e. The Bertz CT molecular complexity index is 547. The molecule has 0 aromatic heterocycles. The maximum atomic E-state index is 6.09. The molecule has 0 radical (unpaired) electrons. The molecule has 0 fully saturated rings. The van der Waals surface area contributed by atoms with Gasteiger partial charge in [-0.3, -0.25) is 0 Å². The molecule has 0 unspecified atom stereocenters. The van der Waals surface area contributed by atoms with Crippen LogP contribution in [-0.2, 0) is 6.54 Å². The summed E-state index contributed by atoms with van der Waals surface area (Å²) in [7, 11) is 0. The lowest BCUT2D eigenvalue weighted by Crippen LogP contribution is -2.03. The van der Waals surface area contributed by atoms with E-state index in [2.05, 4.69) is 36.5 Å². The zero-order valence-corrected chi connectivity index (χ0v) is 11.4. The molecule has 0 aliphatic rings. The highest BCUT2D eigenvalue weighted by molar-refractivity contribution is 6.31. The van der Waals surface area contributed by atoms with Gasteiger partial charge in [0.05, 0.1) is 11.4 Å². The van der Waals surface area contributed by atoms with E-state index < -0.39 is 0 Å². The van der Waals surface area contributed by atoms with E-state index in [0.717, 1.165) is 28.5 Å². The van der Waals surface area contributed by atoms with Crippen LogP contribution < -0.4 is 11.1 Å². The van der Waals surface area contributed by atoms with E-state index in [4.69, 9.17) is 17.3 Å². The summed E-state index contributed by atoms with van der Waals surface area (Å²) in [6.45, 7) is 4.77. The van der Waals surface area contributed by atoms with Gasteiger partial charge in [-0.2, -0.15) is 0 Å². The average Bonchev–Trinajstić information content (AvgIpc) is 2.34. The maximum Gasteiger partial charge on any atom is 0.0591 e. The van der Waals surface area contributed by atoms with E-state index in [9.17, 15) is 0 Å². The highest BCUT2D eigenvalue weighted by Crippen LogP contribution is 2.27. The van der Waals surface area contributed by atoms with Crippen LogP contribution in [0.4, 0.5) is 11.4 Å². The molecule has 94 valence electrons. The van der Waals surface area contributed by atoms with Gasteiger partial charge in [0.2, 0.25) is 0 Å². The Balaban J connectivity index is 2.10. The Kier molecular flexibility index (Phi) is 3.78. The van der Waals surface area contributed by atoms with E-state index in [0.29, 0.717) is 0 Å². The summed E-state index contributed by atoms with van der Waals surface area (Å²) >= 11 is 6.09. The van der Waals surface area contributed by atoms with Gasteiger partial charge in [0.1, 0.15) is 0 Å². The molecule has 18 heavy (non-hydrogen) atoms. The molecule has 0 bridgehead atoms. The van der Waals surface area contributed by atoms with Crippen LogP contribution >= 0.6 is 11.6 Å². The fourth-order valence-electron chi connectivity index (χ4n) is 1.76. The summed E-state index contributed by atoms with van der Waals surface area (Å²) in [5.41, 5.74) is 11.0. The summed E-state index contributed by atoms with van der Waals surface area (Å²) in [5, 5.41) is 4.04. The van der Waals surface area contributed by atoms with Gasteiger partial charge in [0.15, 0.2) is 0 Å². The Morgan fingerprint density at radius 3 is 2.44 bits per heavy atom. The van der Waals surface area contributed by atoms with Gasteiger partial charge in [-0.1, -0.05) is 41.4 Å². The predicted molar refractivity (Wildman–Crippen MR) is 79.1 cm³/mol. The van der Waals surface area contributed by atoms with Crippen molar-refractivity contribution in [3.63, 3.8) is 0 Å². The van der Waals surface area contributed by atoms with Crippen molar-refractivity contribution in [2.45, 2.75) is 20.4 Å². The van der Waals surface area contributed by atoms with Crippen molar-refractivity contribution in [2.24, 2.45) is 0 Å². The number of hydrogen-bond donors (Lipinski definition) is 2. The molecular weight excluding hydrogens is 244 g/mol. The number of aryl methyl sites for hydroxylation is 2. The van der Waals surface area contributed by atoms with Crippen LogP contribution in [0.2, 0.25) is 5.02 Å². The molecule has 3 N–H and O–H groups in total. The first kappa shape index (κ1) is 12.8. The van der Waals surface area contributed by atoms with E-state index in [1.807, 2.05) is 19.1 Å². The number of nitrogens with two attached hydrogens (primary N) is 1. The molecule has 2 aromatic carbocycles. The van der Waals surface area contributed by atoms with Gasteiger partial charge >= 0.3 is 0 Å². The molecule has 2 nitrogen and oxygen atoms in total. The normalized spacial score (nSPS) is 10.4. The van der Waals surface area contributed by atoms with Crippen molar-refractivity contribution < 1.29 is 0 Å².